The molecule has 0 heterocycles. The van der Waals surface area contributed by atoms with Crippen molar-refractivity contribution in [3.63, 3.8) is 0 Å². The number of rotatable bonds is 2. The molecule has 0 aliphatic heterocycles. The van der Waals surface area contributed by atoms with Crippen LogP contribution in [0.1, 0.15) is 13.3 Å². The zero-order valence-corrected chi connectivity index (χ0v) is 9.79. The highest BCUT2D eigenvalue weighted by molar-refractivity contribution is 6.43. The highest BCUT2D eigenvalue weighted by atomic mass is 35.5. The number of halogens is 3. The molecule has 0 unspecified atom stereocenters. The van der Waals surface area contributed by atoms with Crippen LogP contribution in [0.2, 0.25) is 15.1 Å². The molecule has 0 aromatic heterocycles. The lowest BCUT2D eigenvalue weighted by molar-refractivity contribution is 1.24. The second-order valence-electron chi connectivity index (χ2n) is 2.67. The van der Waals surface area contributed by atoms with Gasteiger partial charge in [0, 0.05) is 6.42 Å². The van der Waals surface area contributed by atoms with E-state index in [0.717, 1.165) is 0 Å². The zero-order chi connectivity index (χ0) is 10.7. The SMILES string of the molecule is CCC(N)=Nc1cc(Cl)c(Cl)cc1Cl. The maximum absolute atomic E-state index is 5.90. The first kappa shape index (κ1) is 11.6. The van der Waals surface area contributed by atoms with Crippen LogP contribution < -0.4 is 5.73 Å². The Kier molecular flexibility index (Phi) is 4.05. The van der Waals surface area contributed by atoms with Gasteiger partial charge in [-0.1, -0.05) is 41.7 Å². The van der Waals surface area contributed by atoms with Gasteiger partial charge >= 0.3 is 0 Å². The summed E-state index contributed by atoms with van der Waals surface area (Å²) in [4.78, 5) is 4.10. The predicted octanol–water partition coefficient (Wildman–Crippen LogP) is 4.05. The molecule has 2 N–H and O–H groups in total. The second kappa shape index (κ2) is 4.87. The molecule has 0 bridgehead atoms. The predicted molar refractivity (Wildman–Crippen MR) is 63.0 cm³/mol. The third-order valence-electron chi connectivity index (χ3n) is 1.62. The zero-order valence-electron chi connectivity index (χ0n) is 7.52. The van der Waals surface area contributed by atoms with Crippen LogP contribution in [0.25, 0.3) is 0 Å². The van der Waals surface area contributed by atoms with Crippen molar-refractivity contribution in [1.82, 2.24) is 0 Å². The van der Waals surface area contributed by atoms with Crippen molar-refractivity contribution in [2.75, 3.05) is 0 Å². The summed E-state index contributed by atoms with van der Waals surface area (Å²) >= 11 is 17.5. The van der Waals surface area contributed by atoms with Gasteiger partial charge in [-0.2, -0.15) is 0 Å². The van der Waals surface area contributed by atoms with E-state index in [-0.39, 0.29) is 0 Å². The van der Waals surface area contributed by atoms with Crippen molar-refractivity contribution >= 4 is 46.3 Å². The van der Waals surface area contributed by atoms with Crippen LogP contribution >= 0.6 is 34.8 Å². The van der Waals surface area contributed by atoms with E-state index in [4.69, 9.17) is 40.5 Å². The quantitative estimate of drug-likeness (QED) is 0.481. The smallest absolute Gasteiger partial charge is 0.0994 e. The third kappa shape index (κ3) is 2.77. The molecule has 0 spiro atoms. The molecular weight excluding hydrogens is 242 g/mol. The molecule has 0 aliphatic rings. The molecule has 1 aromatic rings. The Morgan fingerprint density at radius 1 is 1.21 bits per heavy atom. The fourth-order valence-electron chi connectivity index (χ4n) is 0.832. The fourth-order valence-corrected chi connectivity index (χ4v) is 1.41. The molecule has 5 heteroatoms. The highest BCUT2D eigenvalue weighted by Gasteiger charge is 2.05. The standard InChI is InChI=1S/C9H9Cl3N2/c1-2-9(13)14-8-4-6(11)5(10)3-7(8)12/h3-4H,2H2,1H3,(H2,13,14). The van der Waals surface area contributed by atoms with Crippen molar-refractivity contribution in [3.8, 4) is 0 Å². The van der Waals surface area contributed by atoms with Gasteiger partial charge in [0.1, 0.15) is 0 Å². The minimum atomic E-state index is 0.408. The number of hydrogen-bond donors (Lipinski definition) is 1. The van der Waals surface area contributed by atoms with Crippen LogP contribution in [0.3, 0.4) is 0 Å². The first-order valence-electron chi connectivity index (χ1n) is 4.02. The highest BCUT2D eigenvalue weighted by Crippen LogP contribution is 2.33. The minimum absolute atomic E-state index is 0.408. The Hall–Kier alpha value is -0.440. The van der Waals surface area contributed by atoms with Gasteiger partial charge < -0.3 is 5.73 Å². The van der Waals surface area contributed by atoms with Crippen LogP contribution in [0, 0.1) is 0 Å². The number of nitrogens with two attached hydrogens (primary N) is 1. The molecule has 0 radical (unpaired) electrons. The molecule has 1 aromatic carbocycles. The Bertz CT molecular complexity index is 375. The van der Waals surface area contributed by atoms with Gasteiger partial charge in [-0.15, -0.1) is 0 Å². The molecule has 0 saturated carbocycles. The van der Waals surface area contributed by atoms with Crippen LogP contribution in [-0.2, 0) is 0 Å². The summed E-state index contributed by atoms with van der Waals surface area (Å²) in [6.07, 6.45) is 0.663. The van der Waals surface area contributed by atoms with E-state index in [1.54, 1.807) is 12.1 Å². The van der Waals surface area contributed by atoms with Gasteiger partial charge in [-0.3, -0.25) is 0 Å². The number of hydrogen-bond acceptors (Lipinski definition) is 1. The number of nitrogens with zero attached hydrogens (tertiary/aromatic N) is 1. The molecule has 0 amide bonds. The van der Waals surface area contributed by atoms with E-state index in [1.807, 2.05) is 6.92 Å². The van der Waals surface area contributed by atoms with Crippen molar-refractivity contribution in [3.05, 3.63) is 27.2 Å². The first-order valence-corrected chi connectivity index (χ1v) is 5.15. The first-order chi connectivity index (χ1) is 6.54. The van der Waals surface area contributed by atoms with Gasteiger partial charge in [-0.25, -0.2) is 4.99 Å². The van der Waals surface area contributed by atoms with Gasteiger partial charge in [0.15, 0.2) is 0 Å². The fraction of sp³-hybridized carbons (Fsp3) is 0.222. The van der Waals surface area contributed by atoms with E-state index in [2.05, 4.69) is 4.99 Å². The summed E-state index contributed by atoms with van der Waals surface area (Å²) in [7, 11) is 0. The maximum Gasteiger partial charge on any atom is 0.0994 e. The lowest BCUT2D eigenvalue weighted by Crippen LogP contribution is -2.08. The average molecular weight is 252 g/mol. The summed E-state index contributed by atoms with van der Waals surface area (Å²) in [6.45, 7) is 1.91. The number of benzene rings is 1. The summed E-state index contributed by atoms with van der Waals surface area (Å²) in [5.74, 6) is 0.505. The second-order valence-corrected chi connectivity index (χ2v) is 3.90. The third-order valence-corrected chi connectivity index (χ3v) is 2.64. The molecule has 0 saturated heterocycles. The van der Waals surface area contributed by atoms with Crippen molar-refractivity contribution in [1.29, 1.82) is 0 Å². The topological polar surface area (TPSA) is 38.4 Å². The van der Waals surface area contributed by atoms with Gasteiger partial charge in [0.25, 0.3) is 0 Å². The van der Waals surface area contributed by atoms with Gasteiger partial charge in [0.05, 0.1) is 26.6 Å². The molecule has 0 aliphatic carbocycles. The van der Waals surface area contributed by atoms with E-state index in [0.29, 0.717) is 33.0 Å². The largest absolute Gasteiger partial charge is 0.387 e. The Balaban J connectivity index is 3.16. The van der Waals surface area contributed by atoms with E-state index >= 15 is 0 Å². The normalized spacial score (nSPS) is 11.9. The molecule has 76 valence electrons. The van der Waals surface area contributed by atoms with E-state index < -0.39 is 0 Å². The average Bonchev–Trinajstić information content (AvgIpc) is 2.14. The van der Waals surface area contributed by atoms with Crippen LogP contribution in [0.15, 0.2) is 17.1 Å². The number of aliphatic imine (C=N–C) groups is 1. The van der Waals surface area contributed by atoms with Crippen molar-refractivity contribution in [2.24, 2.45) is 10.7 Å². The van der Waals surface area contributed by atoms with Crippen LogP contribution in [-0.4, -0.2) is 5.84 Å². The minimum Gasteiger partial charge on any atom is -0.387 e. The van der Waals surface area contributed by atoms with Crippen molar-refractivity contribution in [2.45, 2.75) is 13.3 Å². The number of amidine groups is 1. The monoisotopic (exact) mass is 250 g/mol. The molecule has 0 fully saturated rings. The lowest BCUT2D eigenvalue weighted by Gasteiger charge is -2.02. The maximum atomic E-state index is 5.90. The molecule has 2 nitrogen and oxygen atoms in total. The molecular formula is C9H9Cl3N2. The summed E-state index contributed by atoms with van der Waals surface area (Å²) in [5.41, 5.74) is 6.12. The molecule has 1 rings (SSSR count). The summed E-state index contributed by atoms with van der Waals surface area (Å²) < 4.78 is 0. The summed E-state index contributed by atoms with van der Waals surface area (Å²) in [6, 6.07) is 3.14. The Morgan fingerprint density at radius 3 is 2.36 bits per heavy atom. The lowest BCUT2D eigenvalue weighted by atomic mass is 10.3. The van der Waals surface area contributed by atoms with Gasteiger partial charge in [-0.05, 0) is 12.1 Å². The van der Waals surface area contributed by atoms with Crippen molar-refractivity contribution < 1.29 is 0 Å². The molecule has 0 atom stereocenters. The van der Waals surface area contributed by atoms with Gasteiger partial charge in [0.2, 0.25) is 0 Å². The van der Waals surface area contributed by atoms with Crippen LogP contribution in [0.4, 0.5) is 5.69 Å². The Morgan fingerprint density at radius 2 is 1.79 bits per heavy atom. The van der Waals surface area contributed by atoms with E-state index in [1.165, 1.54) is 0 Å². The van der Waals surface area contributed by atoms with Crippen LogP contribution in [0.5, 0.6) is 0 Å². The summed E-state index contributed by atoms with van der Waals surface area (Å²) in [5, 5.41) is 1.26. The Labute approximate surface area is 97.7 Å². The molecule has 14 heavy (non-hydrogen) atoms. The van der Waals surface area contributed by atoms with E-state index in [9.17, 15) is 0 Å².